The summed E-state index contributed by atoms with van der Waals surface area (Å²) in [6.07, 6.45) is 1.91. The number of aliphatic hydroxyl groups excluding tert-OH is 1. The van der Waals surface area contributed by atoms with Crippen molar-refractivity contribution in [2.24, 2.45) is 0 Å². The van der Waals surface area contributed by atoms with Gasteiger partial charge >= 0.3 is 0 Å². The molecule has 1 heterocycles. The molecule has 1 aromatic heterocycles. The Labute approximate surface area is 130 Å². The van der Waals surface area contributed by atoms with Crippen LogP contribution < -0.4 is 4.74 Å². The summed E-state index contributed by atoms with van der Waals surface area (Å²) in [6, 6.07) is 8.14. The van der Waals surface area contributed by atoms with Gasteiger partial charge in [-0.2, -0.15) is 5.10 Å². The Hall–Kier alpha value is -1.88. The second-order valence-electron chi connectivity index (χ2n) is 7.11. The molecule has 1 fully saturated rings. The van der Waals surface area contributed by atoms with Gasteiger partial charge in [-0.15, -0.1) is 0 Å². The van der Waals surface area contributed by atoms with Gasteiger partial charge < -0.3 is 9.84 Å². The minimum Gasteiger partial charge on any atom is -0.486 e. The number of aromatic nitrogens is 3. The molecule has 0 unspecified atom stereocenters. The summed E-state index contributed by atoms with van der Waals surface area (Å²) in [5.74, 6) is 2.21. The van der Waals surface area contributed by atoms with Crippen LogP contribution in [0.25, 0.3) is 0 Å². The molecular formula is C17H23N3O2. The lowest BCUT2D eigenvalue weighted by Crippen LogP contribution is -2.14. The molecule has 0 spiro atoms. The van der Waals surface area contributed by atoms with Crippen LogP contribution in [0.4, 0.5) is 0 Å². The average molecular weight is 301 g/mol. The number of H-pyrrole nitrogens is 1. The van der Waals surface area contributed by atoms with Crippen molar-refractivity contribution in [3.63, 3.8) is 0 Å². The molecule has 0 atom stereocenters. The fourth-order valence-corrected chi connectivity index (χ4v) is 2.40. The van der Waals surface area contributed by atoms with Crippen LogP contribution in [0.5, 0.6) is 5.75 Å². The van der Waals surface area contributed by atoms with Crippen molar-refractivity contribution in [2.45, 2.75) is 51.0 Å². The molecule has 2 aromatic rings. The highest BCUT2D eigenvalue weighted by molar-refractivity contribution is 5.31. The molecule has 5 nitrogen and oxygen atoms in total. The number of hydrogen-bond donors (Lipinski definition) is 2. The maximum atomic E-state index is 9.39. The predicted octanol–water partition coefficient (Wildman–Crippen LogP) is 2.71. The zero-order valence-electron chi connectivity index (χ0n) is 13.4. The number of nitrogens with one attached hydrogen (secondary N) is 1. The van der Waals surface area contributed by atoms with Gasteiger partial charge in [0.05, 0.1) is 12.0 Å². The van der Waals surface area contributed by atoms with Gasteiger partial charge in [0.15, 0.2) is 11.6 Å². The van der Waals surface area contributed by atoms with Crippen molar-refractivity contribution in [3.05, 3.63) is 41.5 Å². The minimum absolute atomic E-state index is 0.111. The van der Waals surface area contributed by atoms with Gasteiger partial charge in [0.2, 0.25) is 0 Å². The lowest BCUT2D eigenvalue weighted by Gasteiger charge is -2.19. The summed E-state index contributed by atoms with van der Waals surface area (Å²) in [4.78, 5) is 4.44. The monoisotopic (exact) mass is 301 g/mol. The van der Waals surface area contributed by atoms with E-state index in [-0.39, 0.29) is 17.4 Å². The topological polar surface area (TPSA) is 71.0 Å². The van der Waals surface area contributed by atoms with Gasteiger partial charge in [-0.1, -0.05) is 32.9 Å². The summed E-state index contributed by atoms with van der Waals surface area (Å²) < 4.78 is 5.74. The lowest BCUT2D eigenvalue weighted by molar-refractivity contribution is 0.249. The first kappa shape index (κ1) is 15.0. The molecule has 1 saturated carbocycles. The first-order valence-electron chi connectivity index (χ1n) is 7.69. The Morgan fingerprint density at radius 2 is 1.91 bits per heavy atom. The number of hydrogen-bond acceptors (Lipinski definition) is 4. The van der Waals surface area contributed by atoms with Crippen LogP contribution in [0.2, 0.25) is 0 Å². The highest BCUT2D eigenvalue weighted by atomic mass is 16.5. The molecule has 5 heteroatoms. The molecular weight excluding hydrogens is 278 g/mol. The Bertz CT molecular complexity index is 637. The van der Waals surface area contributed by atoms with E-state index in [9.17, 15) is 5.11 Å². The van der Waals surface area contributed by atoms with Gasteiger partial charge in [0.1, 0.15) is 12.4 Å². The zero-order chi connectivity index (χ0) is 15.8. The Morgan fingerprint density at radius 3 is 2.45 bits per heavy atom. The predicted molar refractivity (Wildman–Crippen MR) is 83.9 cm³/mol. The van der Waals surface area contributed by atoms with Crippen LogP contribution in [0.1, 0.15) is 50.8 Å². The van der Waals surface area contributed by atoms with Crippen LogP contribution >= 0.6 is 0 Å². The third kappa shape index (κ3) is 2.99. The summed E-state index contributed by atoms with van der Waals surface area (Å²) in [5, 5.41) is 16.5. The molecule has 0 bridgehead atoms. The van der Waals surface area contributed by atoms with E-state index in [0.29, 0.717) is 18.3 Å². The molecule has 1 aromatic carbocycles. The van der Waals surface area contributed by atoms with E-state index < -0.39 is 0 Å². The number of aliphatic hydroxyl groups is 1. The van der Waals surface area contributed by atoms with Crippen LogP contribution in [-0.4, -0.2) is 26.9 Å². The van der Waals surface area contributed by atoms with E-state index in [4.69, 9.17) is 4.74 Å². The fourth-order valence-electron chi connectivity index (χ4n) is 2.40. The van der Waals surface area contributed by atoms with Crippen molar-refractivity contribution in [2.75, 3.05) is 6.61 Å². The molecule has 0 amide bonds. The molecule has 1 aliphatic carbocycles. The molecule has 3 rings (SSSR count). The van der Waals surface area contributed by atoms with Crippen LogP contribution in [0, 0.1) is 0 Å². The SMILES string of the molecule is CC(C)(C)c1ccc(OCc2nc(C3(CO)CC3)n[nH]2)cc1. The van der Waals surface area contributed by atoms with Gasteiger partial charge in [-0.3, -0.25) is 5.10 Å². The first-order chi connectivity index (χ1) is 10.4. The van der Waals surface area contributed by atoms with Gasteiger partial charge in [-0.25, -0.2) is 4.98 Å². The number of nitrogens with zero attached hydrogens (tertiary/aromatic N) is 2. The second kappa shape index (κ2) is 5.39. The molecule has 0 aliphatic heterocycles. The van der Waals surface area contributed by atoms with E-state index in [1.54, 1.807) is 0 Å². The number of rotatable bonds is 5. The maximum absolute atomic E-state index is 9.39. The molecule has 2 N–H and O–H groups in total. The molecule has 118 valence electrons. The Kier molecular flexibility index (Phi) is 3.68. The fraction of sp³-hybridized carbons (Fsp3) is 0.529. The minimum atomic E-state index is -0.205. The molecule has 1 aliphatic rings. The van der Waals surface area contributed by atoms with E-state index in [1.807, 2.05) is 12.1 Å². The molecule has 0 radical (unpaired) electrons. The second-order valence-corrected chi connectivity index (χ2v) is 7.11. The quantitative estimate of drug-likeness (QED) is 0.890. The van der Waals surface area contributed by atoms with Gasteiger partial charge in [0, 0.05) is 0 Å². The Morgan fingerprint density at radius 1 is 1.23 bits per heavy atom. The van der Waals surface area contributed by atoms with E-state index in [1.165, 1.54) is 5.56 Å². The standard InChI is InChI=1S/C17H23N3O2/c1-16(2,3)12-4-6-13(7-5-12)22-10-14-18-15(20-19-14)17(11-21)8-9-17/h4-7,21H,8-11H2,1-3H3,(H,18,19,20). The summed E-state index contributed by atoms with van der Waals surface area (Å²) in [6.45, 7) is 7.03. The van der Waals surface area contributed by atoms with Crippen LogP contribution in [0.3, 0.4) is 0 Å². The summed E-state index contributed by atoms with van der Waals surface area (Å²) in [7, 11) is 0. The van der Waals surface area contributed by atoms with Gasteiger partial charge in [0.25, 0.3) is 0 Å². The first-order valence-corrected chi connectivity index (χ1v) is 7.69. The van der Waals surface area contributed by atoms with Crippen molar-refractivity contribution in [3.8, 4) is 5.75 Å². The highest BCUT2D eigenvalue weighted by Gasteiger charge is 2.47. The Balaban J connectivity index is 1.61. The van der Waals surface area contributed by atoms with Crippen molar-refractivity contribution in [1.82, 2.24) is 15.2 Å². The van der Waals surface area contributed by atoms with Crippen LogP contribution in [0.15, 0.2) is 24.3 Å². The van der Waals surface area contributed by atoms with Crippen LogP contribution in [-0.2, 0) is 17.4 Å². The largest absolute Gasteiger partial charge is 0.486 e. The summed E-state index contributed by atoms with van der Waals surface area (Å²) >= 11 is 0. The third-order valence-corrected chi connectivity index (χ3v) is 4.26. The van der Waals surface area contributed by atoms with Crippen molar-refractivity contribution < 1.29 is 9.84 Å². The summed E-state index contributed by atoms with van der Waals surface area (Å²) in [5.41, 5.74) is 1.21. The molecule has 22 heavy (non-hydrogen) atoms. The van der Waals surface area contributed by atoms with Crippen molar-refractivity contribution >= 4 is 0 Å². The van der Waals surface area contributed by atoms with Gasteiger partial charge in [-0.05, 0) is 36.0 Å². The van der Waals surface area contributed by atoms with E-state index in [2.05, 4.69) is 48.1 Å². The highest BCUT2D eigenvalue weighted by Crippen LogP contribution is 2.45. The number of ether oxygens (including phenoxy) is 1. The molecule has 0 saturated heterocycles. The third-order valence-electron chi connectivity index (χ3n) is 4.26. The van der Waals surface area contributed by atoms with E-state index in [0.717, 1.165) is 18.6 Å². The lowest BCUT2D eigenvalue weighted by atomic mass is 9.87. The van der Waals surface area contributed by atoms with E-state index >= 15 is 0 Å². The normalized spacial score (nSPS) is 16.5. The number of benzene rings is 1. The number of aromatic amines is 1. The maximum Gasteiger partial charge on any atom is 0.162 e. The smallest absolute Gasteiger partial charge is 0.162 e. The van der Waals surface area contributed by atoms with Crippen molar-refractivity contribution in [1.29, 1.82) is 0 Å². The zero-order valence-corrected chi connectivity index (χ0v) is 13.4. The average Bonchev–Trinajstić information content (AvgIpc) is 3.15.